The second-order valence-electron chi connectivity index (χ2n) is 19.7. The molecule has 376 valence electrons. The quantitative estimate of drug-likeness (QED) is 0.0270. The van der Waals surface area contributed by atoms with Gasteiger partial charge in [0, 0.05) is 0 Å². The molecule has 0 saturated heterocycles. The average molecular weight is 1010 g/mol. The fraction of sp³-hybridized carbons (Fsp3) is 0.571. The molecule has 0 aliphatic carbocycles. The van der Waals surface area contributed by atoms with E-state index >= 15 is 0 Å². The minimum absolute atomic E-state index is 0. The molecule has 0 atom stereocenters. The van der Waals surface area contributed by atoms with Crippen LogP contribution >= 0.6 is 15.6 Å². The molecule has 67 heavy (non-hydrogen) atoms. The van der Waals surface area contributed by atoms with Gasteiger partial charge in [-0.05, 0) is 122 Å². The molecule has 0 saturated carbocycles. The molecule has 8 nitrogen and oxygen atoms in total. The zero-order valence-electron chi connectivity index (χ0n) is 42.2. The SMILES string of the molecule is CC(C)CCCCCc1ccccc1OP(=O)([O-])Oc1ccccc1CCCCCC(C)C.CC(C)CCCCCc1ccccc1OP(=O)([O-])Oc1ccccc1CCCCCC(C)C.[Ni+2]. The maximum absolute atomic E-state index is 12.8. The number of unbranched alkanes of at least 4 members (excludes halogenated alkanes) is 8. The van der Waals surface area contributed by atoms with E-state index in [2.05, 4.69) is 55.4 Å². The Hall–Kier alpha value is -3.05. The van der Waals surface area contributed by atoms with E-state index in [-0.39, 0.29) is 16.5 Å². The van der Waals surface area contributed by atoms with Crippen LogP contribution in [0.4, 0.5) is 0 Å². The number of phosphoric acid groups is 2. The smallest absolute Gasteiger partial charge is 0.736 e. The molecule has 0 radical (unpaired) electrons. The van der Waals surface area contributed by atoms with E-state index in [0.717, 1.165) is 99.3 Å². The average Bonchev–Trinajstić information content (AvgIpc) is 3.25. The minimum Gasteiger partial charge on any atom is -0.736 e. The Balaban J connectivity index is 0.000000453. The van der Waals surface area contributed by atoms with Crippen molar-refractivity contribution in [3.05, 3.63) is 119 Å². The van der Waals surface area contributed by atoms with Gasteiger partial charge in [-0.2, -0.15) is 0 Å². The Morgan fingerprint density at radius 2 is 0.537 bits per heavy atom. The van der Waals surface area contributed by atoms with Crippen LogP contribution in [0.25, 0.3) is 0 Å². The molecule has 11 heteroatoms. The molecule has 0 aliphatic rings. The molecule has 0 unspecified atom stereocenters. The maximum atomic E-state index is 12.8. The summed E-state index contributed by atoms with van der Waals surface area (Å²) in [6.07, 6.45) is 21.4. The zero-order chi connectivity index (χ0) is 48.2. The summed E-state index contributed by atoms with van der Waals surface area (Å²) in [6, 6.07) is 29.4. The van der Waals surface area contributed by atoms with Crippen LogP contribution in [0.1, 0.15) is 180 Å². The van der Waals surface area contributed by atoms with Gasteiger partial charge in [-0.3, -0.25) is 0 Å². The standard InChI is InChI=1S/2C28H43O4P.Ni/c2*1-23(2)15-7-5-9-17-25-19-11-13-21-27(25)31-33(29,30)32-28-22-14-12-20-26(28)18-10-6-8-16-24(3)4;/h2*11-14,19-24H,5-10,15-18H2,1-4H3,(H,29,30);/q;;+2/p-2. The molecule has 0 aromatic heterocycles. The monoisotopic (exact) mass is 1000 g/mol. The first-order valence-corrected chi connectivity index (χ1v) is 28.2. The van der Waals surface area contributed by atoms with Crippen molar-refractivity contribution in [1.82, 2.24) is 0 Å². The topological polar surface area (TPSA) is 117 Å². The third kappa shape index (κ3) is 27.1. The van der Waals surface area contributed by atoms with Crippen molar-refractivity contribution >= 4 is 15.6 Å². The van der Waals surface area contributed by atoms with E-state index in [1.165, 1.54) is 51.4 Å². The van der Waals surface area contributed by atoms with E-state index in [0.29, 0.717) is 46.7 Å². The van der Waals surface area contributed by atoms with Gasteiger partial charge in [-0.25, -0.2) is 9.13 Å². The van der Waals surface area contributed by atoms with E-state index in [1.54, 1.807) is 48.5 Å². The molecule has 4 rings (SSSR count). The molecular formula is C56H84NiO8P2. The fourth-order valence-corrected chi connectivity index (χ4v) is 9.65. The molecule has 0 N–H and O–H groups in total. The second-order valence-corrected chi connectivity index (χ2v) is 22.2. The van der Waals surface area contributed by atoms with E-state index in [4.69, 9.17) is 18.1 Å². The summed E-state index contributed by atoms with van der Waals surface area (Å²) in [5.74, 6) is 4.33. The third-order valence-electron chi connectivity index (χ3n) is 11.6. The molecular weight excluding hydrogens is 921 g/mol. The summed E-state index contributed by atoms with van der Waals surface area (Å²) in [6.45, 7) is 17.9. The number of hydrogen-bond donors (Lipinski definition) is 0. The Morgan fingerprint density at radius 1 is 0.343 bits per heavy atom. The summed E-state index contributed by atoms with van der Waals surface area (Å²) >= 11 is 0. The fourth-order valence-electron chi connectivity index (χ4n) is 7.90. The van der Waals surface area contributed by atoms with Crippen LogP contribution in [-0.2, 0) is 51.3 Å². The predicted molar refractivity (Wildman–Crippen MR) is 272 cm³/mol. The molecule has 0 bridgehead atoms. The predicted octanol–water partition coefficient (Wildman–Crippen LogP) is 16.3. The number of benzene rings is 4. The summed E-state index contributed by atoms with van der Waals surface area (Å²) in [5, 5.41) is 0. The number of aryl methyl sites for hydroxylation is 4. The molecule has 0 fully saturated rings. The number of phosphoric ester groups is 2. The van der Waals surface area contributed by atoms with Crippen LogP contribution in [0.3, 0.4) is 0 Å². The van der Waals surface area contributed by atoms with Crippen molar-refractivity contribution in [2.45, 2.75) is 184 Å². The van der Waals surface area contributed by atoms with Crippen molar-refractivity contribution in [3.63, 3.8) is 0 Å². The Morgan fingerprint density at radius 3 is 0.731 bits per heavy atom. The Bertz CT molecular complexity index is 1740. The van der Waals surface area contributed by atoms with Crippen LogP contribution in [0.5, 0.6) is 23.0 Å². The Labute approximate surface area is 416 Å². The van der Waals surface area contributed by atoms with Crippen molar-refractivity contribution in [3.8, 4) is 23.0 Å². The van der Waals surface area contributed by atoms with Gasteiger partial charge < -0.3 is 27.9 Å². The van der Waals surface area contributed by atoms with Crippen molar-refractivity contribution in [2.24, 2.45) is 23.7 Å². The van der Waals surface area contributed by atoms with Crippen LogP contribution in [0, 0.1) is 23.7 Å². The van der Waals surface area contributed by atoms with Gasteiger partial charge in [0.25, 0.3) is 0 Å². The molecule has 0 heterocycles. The van der Waals surface area contributed by atoms with E-state index < -0.39 is 15.6 Å². The van der Waals surface area contributed by atoms with E-state index in [9.17, 15) is 18.9 Å². The number of para-hydroxylation sites is 4. The molecule has 4 aromatic carbocycles. The third-order valence-corrected chi connectivity index (χ3v) is 13.3. The first-order valence-electron chi connectivity index (χ1n) is 25.3. The minimum atomic E-state index is -4.56. The van der Waals surface area contributed by atoms with E-state index in [1.807, 2.05) is 48.5 Å². The molecule has 4 aromatic rings. The van der Waals surface area contributed by atoms with Gasteiger partial charge in [0.05, 0.1) is 0 Å². The van der Waals surface area contributed by atoms with Crippen molar-refractivity contribution in [2.75, 3.05) is 0 Å². The zero-order valence-corrected chi connectivity index (χ0v) is 44.9. The summed E-state index contributed by atoms with van der Waals surface area (Å²) < 4.78 is 47.3. The van der Waals surface area contributed by atoms with Crippen LogP contribution in [0.2, 0.25) is 0 Å². The van der Waals surface area contributed by atoms with Gasteiger partial charge in [-0.15, -0.1) is 0 Å². The summed E-state index contributed by atoms with van der Waals surface area (Å²) in [7, 11) is -9.11. The van der Waals surface area contributed by atoms with Gasteiger partial charge >= 0.3 is 32.1 Å². The van der Waals surface area contributed by atoms with Gasteiger partial charge in [0.2, 0.25) is 0 Å². The van der Waals surface area contributed by atoms with Gasteiger partial charge in [0.1, 0.15) is 23.0 Å². The second kappa shape index (κ2) is 33.5. The van der Waals surface area contributed by atoms with Crippen LogP contribution in [-0.4, -0.2) is 0 Å². The van der Waals surface area contributed by atoms with Crippen molar-refractivity contribution in [1.29, 1.82) is 0 Å². The molecule has 0 spiro atoms. The number of rotatable bonds is 32. The van der Waals surface area contributed by atoms with Crippen LogP contribution < -0.4 is 27.9 Å². The normalized spacial score (nSPS) is 11.7. The number of hydrogen-bond acceptors (Lipinski definition) is 8. The summed E-state index contributed by atoms with van der Waals surface area (Å²) in [4.78, 5) is 25.5. The van der Waals surface area contributed by atoms with Crippen LogP contribution in [0.15, 0.2) is 97.1 Å². The largest absolute Gasteiger partial charge is 2.00 e. The first-order chi connectivity index (χ1) is 31.5. The van der Waals surface area contributed by atoms with Crippen molar-refractivity contribution < 1.29 is 53.5 Å². The van der Waals surface area contributed by atoms with Gasteiger partial charge in [-0.1, -0.05) is 205 Å². The van der Waals surface area contributed by atoms with Gasteiger partial charge in [0.15, 0.2) is 0 Å². The first kappa shape index (κ1) is 60.1. The Kier molecular flexibility index (Phi) is 30.0. The maximum Gasteiger partial charge on any atom is 2.00 e. The molecule has 0 aliphatic heterocycles. The molecule has 0 amide bonds. The summed E-state index contributed by atoms with van der Waals surface area (Å²) in [5.41, 5.74) is 3.61.